The SMILES string of the molecule is CC(C)C[C@H](NC(=O)[C@H](CC(N)=O)NC(=O)CNC(=O)[C@@H](N)[C@@H](C)O)C(=O)N[C@H](C(=O)N[C@H](C(=O)N[C@@H](CCCCN)C(=O)N[C@@H](CC(N)=O)C(=O)N[C@@H](CO)C(=O)N[C@@H](CC(C)C)C(=O)N[C@H](C(=O)N1CCC[C@H]1C(=O)N[C@@H](CC(=O)O)C(=O)N[C@H](C(=O)N[C@@H](CCCN=C(N)N)C(=O)O)C(C)C)[C@@H](C)O)[C@@H](C)O)C(C)C. The normalized spacial score (nSPS) is 16.9. The zero-order valence-electron chi connectivity index (χ0n) is 65.5. The third-order valence-corrected chi connectivity index (χ3v) is 17.4. The summed E-state index contributed by atoms with van der Waals surface area (Å²) in [5, 5.41) is 91.9. The predicted molar refractivity (Wildman–Crippen MR) is 400 cm³/mol. The molecular weight excluding hydrogens is 1490 g/mol. The number of aliphatic carboxylic acids is 2. The molecule has 45 nitrogen and oxygen atoms in total. The van der Waals surface area contributed by atoms with Crippen LogP contribution in [-0.2, 0) is 86.3 Å². The number of carboxylic acid groups (broad SMARTS) is 2. The number of hydrogen-bond donors (Lipinski definition) is 25. The van der Waals surface area contributed by atoms with Gasteiger partial charge in [-0.1, -0.05) is 55.4 Å². The second kappa shape index (κ2) is 49.8. The number of carbonyl (C=O) groups excluding carboxylic acids is 16. The lowest BCUT2D eigenvalue weighted by Gasteiger charge is -2.32. The number of aliphatic hydroxyl groups is 4. The molecule has 0 radical (unpaired) electrons. The molecule has 0 spiro atoms. The van der Waals surface area contributed by atoms with Gasteiger partial charge in [-0.25, -0.2) is 4.79 Å². The molecule has 45 heteroatoms. The number of guanidine groups is 1. The summed E-state index contributed by atoms with van der Waals surface area (Å²) in [5.41, 5.74) is 32.8. The fourth-order valence-corrected chi connectivity index (χ4v) is 11.3. The van der Waals surface area contributed by atoms with Gasteiger partial charge in [-0.3, -0.25) is 86.5 Å². The molecule has 113 heavy (non-hydrogen) atoms. The molecule has 0 saturated carbocycles. The van der Waals surface area contributed by atoms with Gasteiger partial charge in [0.05, 0.1) is 50.7 Å². The monoisotopic (exact) mass is 1610 g/mol. The highest BCUT2D eigenvalue weighted by Crippen LogP contribution is 2.21. The topological polar surface area (TPSA) is 757 Å². The van der Waals surface area contributed by atoms with E-state index in [1.165, 1.54) is 34.6 Å². The summed E-state index contributed by atoms with van der Waals surface area (Å²) >= 11 is 0. The van der Waals surface area contributed by atoms with Crippen molar-refractivity contribution in [1.82, 2.24) is 74.0 Å². The van der Waals surface area contributed by atoms with Crippen LogP contribution in [0.3, 0.4) is 0 Å². The van der Waals surface area contributed by atoms with Crippen molar-refractivity contribution in [3.8, 4) is 0 Å². The lowest BCUT2D eigenvalue weighted by molar-refractivity contribution is -0.146. The number of carboxylic acids is 2. The Morgan fingerprint density at radius 1 is 0.442 bits per heavy atom. The van der Waals surface area contributed by atoms with Crippen LogP contribution in [0.15, 0.2) is 4.99 Å². The van der Waals surface area contributed by atoms with E-state index >= 15 is 0 Å². The predicted octanol–water partition coefficient (Wildman–Crippen LogP) is -10.7. The van der Waals surface area contributed by atoms with Crippen LogP contribution in [-0.4, -0.2) is 284 Å². The highest BCUT2D eigenvalue weighted by molar-refractivity contribution is 6.02. The molecule has 1 aliphatic heterocycles. The Bertz CT molecular complexity index is 3340. The van der Waals surface area contributed by atoms with Crippen LogP contribution in [0.1, 0.15) is 153 Å². The molecule has 1 heterocycles. The summed E-state index contributed by atoms with van der Waals surface area (Å²) in [6, 6.07) is -23.5. The van der Waals surface area contributed by atoms with Crippen LogP contribution in [0.2, 0.25) is 0 Å². The third kappa shape index (κ3) is 36.2. The highest BCUT2D eigenvalue weighted by Gasteiger charge is 2.44. The molecular formula is C68H119N21O24. The number of hydrogen-bond acceptors (Lipinski definition) is 25. The zero-order chi connectivity index (χ0) is 86.6. The summed E-state index contributed by atoms with van der Waals surface area (Å²) < 4.78 is 0. The number of amides is 16. The smallest absolute Gasteiger partial charge is 0.326 e. The summed E-state index contributed by atoms with van der Waals surface area (Å²) in [7, 11) is 0. The maximum absolute atomic E-state index is 14.4. The summed E-state index contributed by atoms with van der Waals surface area (Å²) in [6.45, 7) is 13.9. The van der Waals surface area contributed by atoms with E-state index in [-0.39, 0.29) is 89.3 Å². The van der Waals surface area contributed by atoms with Gasteiger partial charge < -0.3 is 139 Å². The highest BCUT2D eigenvalue weighted by atomic mass is 16.4. The Morgan fingerprint density at radius 2 is 0.841 bits per heavy atom. The van der Waals surface area contributed by atoms with Gasteiger partial charge in [-0.2, -0.15) is 0 Å². The number of nitrogens with one attached hydrogen (secondary N) is 13. The number of nitrogens with zero attached hydrogens (tertiary/aromatic N) is 2. The van der Waals surface area contributed by atoms with Crippen LogP contribution in [0.4, 0.5) is 0 Å². The van der Waals surface area contributed by atoms with Crippen molar-refractivity contribution in [3.63, 3.8) is 0 Å². The maximum Gasteiger partial charge on any atom is 0.326 e. The number of rotatable bonds is 52. The Morgan fingerprint density at radius 3 is 1.28 bits per heavy atom. The molecule has 0 unspecified atom stereocenters. The van der Waals surface area contributed by atoms with Crippen molar-refractivity contribution >= 4 is 112 Å². The second-order valence-corrected chi connectivity index (χ2v) is 29.1. The van der Waals surface area contributed by atoms with Crippen LogP contribution in [0.25, 0.3) is 0 Å². The van der Waals surface area contributed by atoms with Crippen LogP contribution >= 0.6 is 0 Å². The first kappa shape index (κ1) is 100. The molecule has 0 aromatic heterocycles. The molecule has 16 amide bonds. The van der Waals surface area contributed by atoms with E-state index < -0.39 is 260 Å². The standard InChI is InChI=1S/C68H119N21O24/c1-29(2)22-38(80-55(100)40(24-45(70)94)77-47(96)27-76-62(107)49(72)33(9)91)57(102)86-51(32(7)8)64(109)87-52(34(10)92)65(110)78-36(16-12-13-19-69)54(99)82-41(25-46(71)95)56(101)84-43(28-90)60(105)81-39(23-30(3)4)58(103)88-53(35(11)93)66(111)89-21-15-18-44(89)61(106)83-42(26-48(97)98)59(104)85-50(31(5)6)63(108)79-37(67(112)113)17-14-20-75-68(73)74/h29-44,49-53,90-93H,12-28,69,72H2,1-11H3,(H2,70,94)(H2,71,95)(H,76,107)(H,77,96)(H,78,110)(H,79,108)(H,80,100)(H,81,105)(H,82,99)(H,83,106)(H,84,101)(H,85,104)(H,86,102)(H,87,109)(H,88,103)(H,97,98)(H,112,113)(H4,73,74,75)/t33-,34-,35-,36+,37+,38+,39+,40+,41+,42+,43+,44+,49+,50+,51+,52+,53+/m1/s1. The summed E-state index contributed by atoms with van der Waals surface area (Å²) in [5.74, 6) is -23.3. The average molecular weight is 1610 g/mol. The largest absolute Gasteiger partial charge is 0.481 e. The van der Waals surface area contributed by atoms with E-state index in [2.05, 4.69) is 74.1 Å². The molecule has 1 rings (SSSR count). The Labute approximate surface area is 653 Å². The van der Waals surface area contributed by atoms with E-state index in [1.54, 1.807) is 27.7 Å². The first-order chi connectivity index (χ1) is 52.6. The Hall–Kier alpha value is -10.5. The van der Waals surface area contributed by atoms with Crippen molar-refractivity contribution in [3.05, 3.63) is 0 Å². The van der Waals surface area contributed by atoms with E-state index in [4.69, 9.17) is 34.4 Å². The molecule has 1 fully saturated rings. The van der Waals surface area contributed by atoms with Gasteiger partial charge in [0.15, 0.2) is 5.96 Å². The maximum atomic E-state index is 14.4. The van der Waals surface area contributed by atoms with Crippen molar-refractivity contribution < 1.29 is 117 Å². The Balaban J connectivity index is 3.48. The summed E-state index contributed by atoms with van der Waals surface area (Å²) in [6.07, 6.45) is -7.80. The van der Waals surface area contributed by atoms with Gasteiger partial charge >= 0.3 is 11.9 Å². The number of nitrogens with two attached hydrogens (primary N) is 6. The number of unbranched alkanes of at least 4 members (excludes halogenated alkanes) is 1. The molecule has 1 saturated heterocycles. The second-order valence-electron chi connectivity index (χ2n) is 29.1. The third-order valence-electron chi connectivity index (χ3n) is 17.4. The molecule has 0 aromatic carbocycles. The van der Waals surface area contributed by atoms with Gasteiger partial charge in [-0.05, 0) is 109 Å². The zero-order valence-corrected chi connectivity index (χ0v) is 65.5. The van der Waals surface area contributed by atoms with Crippen molar-refractivity contribution in [1.29, 1.82) is 0 Å². The fourth-order valence-electron chi connectivity index (χ4n) is 11.3. The quantitative estimate of drug-likeness (QED) is 0.0153. The minimum Gasteiger partial charge on any atom is -0.481 e. The molecule has 17 atom stereocenters. The van der Waals surface area contributed by atoms with E-state index in [0.717, 1.165) is 18.7 Å². The van der Waals surface area contributed by atoms with Crippen molar-refractivity contribution in [2.24, 2.45) is 63.1 Å². The van der Waals surface area contributed by atoms with Gasteiger partial charge in [0.2, 0.25) is 94.5 Å². The first-order valence-electron chi connectivity index (χ1n) is 37.0. The van der Waals surface area contributed by atoms with Crippen molar-refractivity contribution in [2.45, 2.75) is 256 Å². The molecule has 31 N–H and O–H groups in total. The van der Waals surface area contributed by atoms with Crippen LogP contribution in [0.5, 0.6) is 0 Å². The van der Waals surface area contributed by atoms with Gasteiger partial charge in [-0.15, -0.1) is 0 Å². The minimum atomic E-state index is -2.00. The van der Waals surface area contributed by atoms with Gasteiger partial charge in [0, 0.05) is 13.1 Å². The molecule has 0 bridgehead atoms. The first-order valence-corrected chi connectivity index (χ1v) is 37.0. The van der Waals surface area contributed by atoms with E-state index in [1.807, 2.05) is 0 Å². The molecule has 0 aromatic rings. The van der Waals surface area contributed by atoms with E-state index in [9.17, 15) is 117 Å². The van der Waals surface area contributed by atoms with Gasteiger partial charge in [0.25, 0.3) is 0 Å². The van der Waals surface area contributed by atoms with Crippen molar-refractivity contribution in [2.75, 3.05) is 32.8 Å². The van der Waals surface area contributed by atoms with Gasteiger partial charge in [0.1, 0.15) is 84.6 Å². The van der Waals surface area contributed by atoms with E-state index in [0.29, 0.717) is 0 Å². The minimum absolute atomic E-state index is 0.0297. The van der Waals surface area contributed by atoms with Crippen LogP contribution < -0.4 is 104 Å². The lowest BCUT2D eigenvalue weighted by atomic mass is 9.99. The number of aliphatic imine (C=N–C) groups is 1. The molecule has 0 aliphatic carbocycles. The average Bonchev–Trinajstić information content (AvgIpc) is 1.74. The number of likely N-dealkylation sites (tertiary alicyclic amines) is 1. The molecule has 640 valence electrons. The number of carbonyl (C=O) groups is 18. The van der Waals surface area contributed by atoms with Crippen LogP contribution in [0, 0.1) is 23.7 Å². The Kier molecular flexibility index (Phi) is 44.3. The lowest BCUT2D eigenvalue weighted by Crippen LogP contribution is -2.63. The number of primary amides is 2. The fraction of sp³-hybridized carbons (Fsp3) is 0.721. The molecule has 1 aliphatic rings. The summed E-state index contributed by atoms with van der Waals surface area (Å²) in [4.78, 5) is 247. The number of aliphatic hydroxyl groups excluding tert-OH is 4.